The Hall–Kier alpha value is -1.64. The van der Waals surface area contributed by atoms with Gasteiger partial charge in [-0.1, -0.05) is 5.57 Å². The number of hydrogen-bond donors (Lipinski definition) is 0. The minimum atomic E-state index is 0.836. The van der Waals surface area contributed by atoms with Crippen molar-refractivity contribution >= 4 is 5.69 Å². The highest BCUT2D eigenvalue weighted by molar-refractivity contribution is 5.68. The zero-order valence-corrected chi connectivity index (χ0v) is 10.9. The molecule has 1 aromatic carbocycles. The van der Waals surface area contributed by atoms with E-state index in [1.54, 1.807) is 14.2 Å². The Morgan fingerprint density at radius 1 is 1.12 bits per heavy atom. The Balaban J connectivity index is 2.45. The molecule has 1 aromatic rings. The van der Waals surface area contributed by atoms with E-state index in [4.69, 9.17) is 9.47 Å². The molecule has 0 aliphatic carbocycles. The molecule has 0 spiro atoms. The van der Waals surface area contributed by atoms with Gasteiger partial charge >= 0.3 is 0 Å². The van der Waals surface area contributed by atoms with E-state index in [-0.39, 0.29) is 0 Å². The summed E-state index contributed by atoms with van der Waals surface area (Å²) >= 11 is 0. The van der Waals surface area contributed by atoms with Crippen LogP contribution < -0.4 is 14.4 Å². The van der Waals surface area contributed by atoms with Crippen LogP contribution >= 0.6 is 0 Å². The molecule has 1 aliphatic rings. The topological polar surface area (TPSA) is 21.7 Å². The lowest BCUT2D eigenvalue weighted by atomic mass is 10.1. The molecular weight excluding hydrogens is 214 g/mol. The molecule has 0 amide bonds. The van der Waals surface area contributed by atoms with Crippen LogP contribution in [0.3, 0.4) is 0 Å². The maximum Gasteiger partial charge on any atom is 0.146 e. The molecule has 0 unspecified atom stereocenters. The molecule has 0 saturated heterocycles. The summed E-state index contributed by atoms with van der Waals surface area (Å²) in [6.07, 6.45) is 3.31. The van der Waals surface area contributed by atoms with Gasteiger partial charge in [0.15, 0.2) is 0 Å². The summed E-state index contributed by atoms with van der Waals surface area (Å²) in [5.74, 6) is 1.70. The lowest BCUT2D eigenvalue weighted by molar-refractivity contribution is 0.394. The van der Waals surface area contributed by atoms with Crippen molar-refractivity contribution in [2.45, 2.75) is 20.3 Å². The number of rotatable bonds is 3. The highest BCUT2D eigenvalue weighted by atomic mass is 16.5. The molecule has 0 atom stereocenters. The van der Waals surface area contributed by atoms with Crippen LogP contribution in [0.2, 0.25) is 0 Å². The average molecular weight is 233 g/mol. The molecular formula is C14H19NO2. The first-order valence-corrected chi connectivity index (χ1v) is 5.82. The van der Waals surface area contributed by atoms with Crippen molar-refractivity contribution in [3.8, 4) is 11.5 Å². The molecule has 17 heavy (non-hydrogen) atoms. The second-order valence-corrected chi connectivity index (χ2v) is 4.41. The van der Waals surface area contributed by atoms with Crippen molar-refractivity contribution in [3.63, 3.8) is 0 Å². The van der Waals surface area contributed by atoms with Gasteiger partial charge in [0.2, 0.25) is 0 Å². The molecule has 0 bridgehead atoms. The summed E-state index contributed by atoms with van der Waals surface area (Å²) in [4.78, 5) is 2.25. The van der Waals surface area contributed by atoms with E-state index < -0.39 is 0 Å². The fourth-order valence-electron chi connectivity index (χ4n) is 2.23. The predicted octanol–water partition coefficient (Wildman–Crippen LogP) is 3.13. The van der Waals surface area contributed by atoms with E-state index in [1.807, 2.05) is 12.1 Å². The summed E-state index contributed by atoms with van der Waals surface area (Å²) in [6, 6.07) is 3.98. The molecule has 0 fully saturated rings. The summed E-state index contributed by atoms with van der Waals surface area (Å²) in [5.41, 5.74) is 3.72. The van der Waals surface area contributed by atoms with Crippen LogP contribution in [0.15, 0.2) is 23.9 Å². The fourth-order valence-corrected chi connectivity index (χ4v) is 2.23. The normalized spacial score (nSPS) is 14.8. The molecule has 0 saturated carbocycles. The highest BCUT2D eigenvalue weighted by Crippen LogP contribution is 2.38. The quantitative estimate of drug-likeness (QED) is 0.800. The molecule has 3 heteroatoms. The number of anilines is 1. The van der Waals surface area contributed by atoms with Crippen LogP contribution in [0.5, 0.6) is 11.5 Å². The van der Waals surface area contributed by atoms with Gasteiger partial charge in [0.1, 0.15) is 11.5 Å². The lowest BCUT2D eigenvalue weighted by Gasteiger charge is -2.22. The van der Waals surface area contributed by atoms with Gasteiger partial charge in [-0.15, -0.1) is 0 Å². The third-order valence-electron chi connectivity index (χ3n) is 3.11. The molecule has 0 N–H and O–H groups in total. The number of ether oxygens (including phenoxy) is 2. The maximum absolute atomic E-state index is 5.47. The minimum Gasteiger partial charge on any atom is -0.497 e. The summed E-state index contributed by atoms with van der Waals surface area (Å²) in [5, 5.41) is 0. The van der Waals surface area contributed by atoms with Gasteiger partial charge in [0.05, 0.1) is 19.9 Å². The monoisotopic (exact) mass is 233 g/mol. The van der Waals surface area contributed by atoms with E-state index >= 15 is 0 Å². The van der Waals surface area contributed by atoms with Gasteiger partial charge in [-0.05, 0) is 31.9 Å². The maximum atomic E-state index is 5.47. The van der Waals surface area contributed by atoms with Gasteiger partial charge in [-0.3, -0.25) is 0 Å². The van der Waals surface area contributed by atoms with Crippen molar-refractivity contribution in [3.05, 3.63) is 29.5 Å². The van der Waals surface area contributed by atoms with E-state index in [9.17, 15) is 0 Å². The van der Waals surface area contributed by atoms with Gasteiger partial charge in [-0.25, -0.2) is 0 Å². The molecule has 92 valence electrons. The van der Waals surface area contributed by atoms with Crippen LogP contribution in [0.25, 0.3) is 0 Å². The molecule has 2 rings (SSSR count). The Bertz CT molecular complexity index is 452. The predicted molar refractivity (Wildman–Crippen MR) is 70.0 cm³/mol. The number of hydrogen-bond acceptors (Lipinski definition) is 3. The summed E-state index contributed by atoms with van der Waals surface area (Å²) < 4.78 is 10.7. The Labute approximate surface area is 103 Å². The molecule has 0 radical (unpaired) electrons. The summed E-state index contributed by atoms with van der Waals surface area (Å²) in [6.45, 7) is 5.27. The Kier molecular flexibility index (Phi) is 3.27. The van der Waals surface area contributed by atoms with Crippen molar-refractivity contribution in [1.82, 2.24) is 0 Å². The van der Waals surface area contributed by atoms with E-state index in [0.29, 0.717) is 0 Å². The van der Waals surface area contributed by atoms with Crippen LogP contribution in [0.1, 0.15) is 18.9 Å². The smallest absolute Gasteiger partial charge is 0.146 e. The van der Waals surface area contributed by atoms with Crippen LogP contribution in [0.4, 0.5) is 5.69 Å². The van der Waals surface area contributed by atoms with Gasteiger partial charge in [0, 0.05) is 18.8 Å². The first kappa shape index (κ1) is 11.8. The number of methoxy groups -OCH3 is 2. The lowest BCUT2D eigenvalue weighted by Crippen LogP contribution is -2.14. The minimum absolute atomic E-state index is 0.836. The number of benzene rings is 1. The fraction of sp³-hybridized carbons (Fsp3) is 0.429. The summed E-state index contributed by atoms with van der Waals surface area (Å²) in [7, 11) is 3.37. The second kappa shape index (κ2) is 4.70. The van der Waals surface area contributed by atoms with Crippen molar-refractivity contribution in [1.29, 1.82) is 0 Å². The second-order valence-electron chi connectivity index (χ2n) is 4.41. The highest BCUT2D eigenvalue weighted by Gasteiger charge is 2.18. The van der Waals surface area contributed by atoms with E-state index in [1.165, 1.54) is 11.1 Å². The largest absolute Gasteiger partial charge is 0.497 e. The number of nitrogens with zero attached hydrogens (tertiary/aromatic N) is 1. The molecule has 1 heterocycles. The van der Waals surface area contributed by atoms with Crippen LogP contribution in [-0.2, 0) is 0 Å². The van der Waals surface area contributed by atoms with Crippen molar-refractivity contribution in [2.75, 3.05) is 25.7 Å². The molecule has 3 nitrogen and oxygen atoms in total. The van der Waals surface area contributed by atoms with Crippen LogP contribution in [0, 0.1) is 6.92 Å². The Morgan fingerprint density at radius 3 is 2.41 bits per heavy atom. The third-order valence-corrected chi connectivity index (χ3v) is 3.11. The van der Waals surface area contributed by atoms with Crippen molar-refractivity contribution < 1.29 is 9.47 Å². The first-order valence-electron chi connectivity index (χ1n) is 5.82. The SMILES string of the molecule is COc1cc(C)c(N2C=C(C)CC2)c(OC)c1. The van der Waals surface area contributed by atoms with Gasteiger partial charge < -0.3 is 14.4 Å². The van der Waals surface area contributed by atoms with Gasteiger partial charge in [-0.2, -0.15) is 0 Å². The number of aryl methyl sites for hydroxylation is 1. The van der Waals surface area contributed by atoms with Crippen molar-refractivity contribution in [2.24, 2.45) is 0 Å². The Morgan fingerprint density at radius 2 is 1.88 bits per heavy atom. The molecule has 0 aromatic heterocycles. The average Bonchev–Trinajstić information content (AvgIpc) is 2.74. The van der Waals surface area contributed by atoms with E-state index in [0.717, 1.165) is 30.2 Å². The molecule has 1 aliphatic heterocycles. The first-order chi connectivity index (χ1) is 8.15. The standard InChI is InChI=1S/C14H19NO2/c1-10-5-6-15(9-10)14-11(2)7-12(16-3)8-13(14)17-4/h7-9H,5-6H2,1-4H3. The van der Waals surface area contributed by atoms with Crippen LogP contribution in [-0.4, -0.2) is 20.8 Å². The van der Waals surface area contributed by atoms with Gasteiger partial charge in [0.25, 0.3) is 0 Å². The zero-order chi connectivity index (χ0) is 12.4. The third kappa shape index (κ3) is 2.23. The zero-order valence-electron chi connectivity index (χ0n) is 10.9. The van der Waals surface area contributed by atoms with E-state index in [2.05, 4.69) is 24.9 Å².